The van der Waals surface area contributed by atoms with E-state index in [4.69, 9.17) is 5.73 Å². The lowest BCUT2D eigenvalue weighted by Gasteiger charge is -2.14. The number of amides is 1. The molecule has 0 aliphatic carbocycles. The van der Waals surface area contributed by atoms with E-state index in [9.17, 15) is 9.59 Å². The van der Waals surface area contributed by atoms with Gasteiger partial charge in [-0.15, -0.1) is 0 Å². The summed E-state index contributed by atoms with van der Waals surface area (Å²) in [4.78, 5) is 22.8. The number of aromatic amines is 1. The molecule has 1 heterocycles. The van der Waals surface area contributed by atoms with Crippen molar-refractivity contribution in [3.63, 3.8) is 0 Å². The van der Waals surface area contributed by atoms with E-state index in [-0.39, 0.29) is 23.2 Å². The number of nitrogens with zero attached hydrogens (tertiary/aromatic N) is 1. The van der Waals surface area contributed by atoms with E-state index in [1.807, 2.05) is 31.2 Å². The van der Waals surface area contributed by atoms with Gasteiger partial charge in [-0.1, -0.05) is 24.3 Å². The molecule has 0 saturated carbocycles. The summed E-state index contributed by atoms with van der Waals surface area (Å²) >= 11 is 0. The van der Waals surface area contributed by atoms with Gasteiger partial charge in [0.05, 0.1) is 6.04 Å². The van der Waals surface area contributed by atoms with E-state index in [1.54, 1.807) is 0 Å². The van der Waals surface area contributed by atoms with Crippen LogP contribution in [-0.2, 0) is 6.54 Å². The van der Waals surface area contributed by atoms with Crippen LogP contribution in [0.25, 0.3) is 0 Å². The van der Waals surface area contributed by atoms with Crippen LogP contribution in [0.4, 0.5) is 0 Å². The first-order valence-electron chi connectivity index (χ1n) is 6.25. The van der Waals surface area contributed by atoms with Crippen molar-refractivity contribution in [1.29, 1.82) is 0 Å². The predicted molar refractivity (Wildman–Crippen MR) is 75.1 cm³/mol. The molecule has 1 atom stereocenters. The summed E-state index contributed by atoms with van der Waals surface area (Å²) in [5.41, 5.74) is 7.38. The highest BCUT2D eigenvalue weighted by atomic mass is 16.2. The number of carbonyl (C=O) groups is 1. The Hall–Kier alpha value is -2.47. The summed E-state index contributed by atoms with van der Waals surface area (Å²) in [5.74, 6) is -0.336. The first-order valence-corrected chi connectivity index (χ1v) is 6.25. The molecule has 1 aromatic heterocycles. The minimum Gasteiger partial charge on any atom is -0.344 e. The molecule has 0 aliphatic rings. The highest BCUT2D eigenvalue weighted by Crippen LogP contribution is 2.13. The van der Waals surface area contributed by atoms with Gasteiger partial charge >= 0.3 is 0 Å². The van der Waals surface area contributed by atoms with Crippen LogP contribution >= 0.6 is 0 Å². The molecule has 2 aromatic rings. The number of hydrogen-bond donors (Lipinski definition) is 3. The average molecular weight is 272 g/mol. The highest BCUT2D eigenvalue weighted by Gasteiger charge is 2.12. The second-order valence-corrected chi connectivity index (χ2v) is 4.45. The van der Waals surface area contributed by atoms with E-state index in [2.05, 4.69) is 15.5 Å². The molecule has 104 valence electrons. The summed E-state index contributed by atoms with van der Waals surface area (Å²) in [6.45, 7) is 2.36. The number of hydrogen-bond acceptors (Lipinski definition) is 4. The van der Waals surface area contributed by atoms with Crippen LogP contribution in [0.3, 0.4) is 0 Å². The van der Waals surface area contributed by atoms with Crippen molar-refractivity contribution >= 4 is 5.91 Å². The minimum atomic E-state index is -0.341. The second-order valence-electron chi connectivity index (χ2n) is 4.45. The van der Waals surface area contributed by atoms with Crippen LogP contribution in [-0.4, -0.2) is 16.1 Å². The molecule has 0 saturated heterocycles. The Morgan fingerprint density at radius 1 is 1.30 bits per heavy atom. The van der Waals surface area contributed by atoms with Gasteiger partial charge in [-0.05, 0) is 24.1 Å². The molecule has 2 rings (SSSR count). The lowest BCUT2D eigenvalue weighted by Crippen LogP contribution is -2.28. The molecule has 20 heavy (non-hydrogen) atoms. The molecule has 6 heteroatoms. The predicted octanol–water partition coefficient (Wildman–Crippen LogP) is 0.720. The van der Waals surface area contributed by atoms with Crippen LogP contribution in [0.1, 0.15) is 34.6 Å². The SMILES string of the molecule is CC(NC(=O)c1ccc(=O)[nH]n1)c1ccc(CN)cc1. The van der Waals surface area contributed by atoms with E-state index in [1.165, 1.54) is 12.1 Å². The monoisotopic (exact) mass is 272 g/mol. The van der Waals surface area contributed by atoms with Crippen molar-refractivity contribution in [1.82, 2.24) is 15.5 Å². The van der Waals surface area contributed by atoms with Crippen molar-refractivity contribution in [2.24, 2.45) is 5.73 Å². The van der Waals surface area contributed by atoms with Gasteiger partial charge in [-0.3, -0.25) is 9.59 Å². The van der Waals surface area contributed by atoms with Crippen LogP contribution in [0.2, 0.25) is 0 Å². The molecule has 4 N–H and O–H groups in total. The van der Waals surface area contributed by atoms with E-state index in [0.717, 1.165) is 11.1 Å². The number of rotatable bonds is 4. The molecule has 1 aromatic carbocycles. The molecular formula is C14H16N4O2. The fraction of sp³-hybridized carbons (Fsp3) is 0.214. The molecule has 0 fully saturated rings. The molecule has 0 spiro atoms. The first kappa shape index (κ1) is 14.0. The van der Waals surface area contributed by atoms with Crippen molar-refractivity contribution in [2.75, 3.05) is 0 Å². The largest absolute Gasteiger partial charge is 0.344 e. The van der Waals surface area contributed by atoms with E-state index >= 15 is 0 Å². The maximum absolute atomic E-state index is 11.9. The third kappa shape index (κ3) is 3.30. The van der Waals surface area contributed by atoms with Crippen molar-refractivity contribution in [3.05, 3.63) is 63.6 Å². The fourth-order valence-corrected chi connectivity index (χ4v) is 1.77. The van der Waals surface area contributed by atoms with Crippen LogP contribution < -0.4 is 16.6 Å². The highest BCUT2D eigenvalue weighted by molar-refractivity contribution is 5.92. The summed E-state index contributed by atoms with van der Waals surface area (Å²) in [7, 11) is 0. The van der Waals surface area contributed by atoms with Crippen LogP contribution in [0.5, 0.6) is 0 Å². The lowest BCUT2D eigenvalue weighted by molar-refractivity contribution is 0.0933. The number of nitrogens with two attached hydrogens (primary N) is 1. The number of benzene rings is 1. The van der Waals surface area contributed by atoms with Crippen molar-refractivity contribution < 1.29 is 4.79 Å². The summed E-state index contributed by atoms with van der Waals surface area (Å²) in [6.07, 6.45) is 0. The summed E-state index contributed by atoms with van der Waals surface area (Å²) in [6, 6.07) is 10.2. The molecule has 0 bridgehead atoms. The normalized spacial score (nSPS) is 11.9. The Balaban J connectivity index is 2.06. The standard InChI is InChI=1S/C14H16N4O2/c1-9(11-4-2-10(8-15)3-5-11)16-14(20)12-6-7-13(19)18-17-12/h2-7,9H,8,15H2,1H3,(H,16,20)(H,18,19). The van der Waals surface area contributed by atoms with Gasteiger partial charge in [0, 0.05) is 12.6 Å². The van der Waals surface area contributed by atoms with Crippen LogP contribution in [0.15, 0.2) is 41.2 Å². The fourth-order valence-electron chi connectivity index (χ4n) is 1.77. The first-order chi connectivity index (χ1) is 9.60. The Labute approximate surface area is 116 Å². The number of nitrogens with one attached hydrogen (secondary N) is 2. The van der Waals surface area contributed by atoms with Gasteiger partial charge < -0.3 is 11.1 Å². The molecule has 0 aliphatic heterocycles. The van der Waals surface area contributed by atoms with Crippen molar-refractivity contribution in [3.8, 4) is 0 Å². The maximum Gasteiger partial charge on any atom is 0.272 e. The summed E-state index contributed by atoms with van der Waals surface area (Å²) in [5, 5.41) is 8.73. The lowest BCUT2D eigenvalue weighted by atomic mass is 10.1. The van der Waals surface area contributed by atoms with Crippen LogP contribution in [0, 0.1) is 0 Å². The zero-order valence-electron chi connectivity index (χ0n) is 11.1. The van der Waals surface area contributed by atoms with Gasteiger partial charge in [0.2, 0.25) is 0 Å². The average Bonchev–Trinajstić information content (AvgIpc) is 2.48. The topological polar surface area (TPSA) is 101 Å². The third-order valence-corrected chi connectivity index (χ3v) is 2.97. The van der Waals surface area contributed by atoms with E-state index < -0.39 is 0 Å². The molecule has 1 unspecified atom stereocenters. The quantitative estimate of drug-likeness (QED) is 0.763. The molecule has 0 radical (unpaired) electrons. The van der Waals surface area contributed by atoms with Gasteiger partial charge in [0.15, 0.2) is 0 Å². The van der Waals surface area contributed by atoms with Gasteiger partial charge in [-0.25, -0.2) is 5.10 Å². The Morgan fingerprint density at radius 2 is 2.00 bits per heavy atom. The second kappa shape index (κ2) is 6.12. The van der Waals surface area contributed by atoms with Crippen molar-refractivity contribution in [2.45, 2.75) is 19.5 Å². The Morgan fingerprint density at radius 3 is 2.55 bits per heavy atom. The minimum absolute atomic E-state index is 0.164. The number of carbonyl (C=O) groups excluding carboxylic acids is 1. The molecule has 6 nitrogen and oxygen atoms in total. The van der Waals surface area contributed by atoms with Gasteiger partial charge in [-0.2, -0.15) is 5.10 Å². The summed E-state index contributed by atoms with van der Waals surface area (Å²) < 4.78 is 0. The maximum atomic E-state index is 11.9. The zero-order chi connectivity index (χ0) is 14.5. The molecule has 1 amide bonds. The Bertz CT molecular complexity index is 628. The van der Waals surface area contributed by atoms with Gasteiger partial charge in [0.25, 0.3) is 11.5 Å². The third-order valence-electron chi connectivity index (χ3n) is 2.97. The molecular weight excluding hydrogens is 256 g/mol. The van der Waals surface area contributed by atoms with Gasteiger partial charge in [0.1, 0.15) is 5.69 Å². The number of H-pyrrole nitrogens is 1. The Kier molecular flexibility index (Phi) is 4.27. The van der Waals surface area contributed by atoms with E-state index in [0.29, 0.717) is 6.54 Å². The zero-order valence-corrected chi connectivity index (χ0v) is 11.1. The smallest absolute Gasteiger partial charge is 0.272 e. The number of aromatic nitrogens is 2.